The highest BCUT2D eigenvalue weighted by Crippen LogP contribution is 1.72. The first kappa shape index (κ1) is 4.92. The van der Waals surface area contributed by atoms with Crippen LogP contribution in [0.5, 0.6) is 0 Å². The molecular weight excluding hydrogens is 68.0 g/mol. The third-order valence-electron chi connectivity index (χ3n) is 0.224. The molecule has 0 saturated carbocycles. The van der Waals surface area contributed by atoms with Crippen molar-refractivity contribution in [3.05, 3.63) is 6.61 Å². The zero-order valence-electron chi connectivity index (χ0n) is 2.81. The Kier molecular flexibility index (Phi) is 3.86. The summed E-state index contributed by atoms with van der Waals surface area (Å²) in [6, 6.07) is 0. The van der Waals surface area contributed by atoms with Gasteiger partial charge in [-0.2, -0.15) is 0 Å². The number of aliphatic hydroxyl groups is 2. The summed E-state index contributed by atoms with van der Waals surface area (Å²) in [7, 11) is 0. The number of aliphatic hydroxyl groups excluding tert-OH is 2. The lowest BCUT2D eigenvalue weighted by Crippen LogP contribution is -1.78. The zero-order chi connectivity index (χ0) is 4.12. The molecule has 5 heavy (non-hydrogen) atoms. The van der Waals surface area contributed by atoms with Crippen LogP contribution in [0.15, 0.2) is 0 Å². The largest absolute Gasteiger partial charge is 0.396 e. The molecule has 0 unspecified atom stereocenters. The lowest BCUT2D eigenvalue weighted by atomic mass is 10.5. The van der Waals surface area contributed by atoms with Gasteiger partial charge in [-0.3, -0.25) is 0 Å². The molecule has 0 aromatic rings. The van der Waals surface area contributed by atoms with Gasteiger partial charge in [-0.1, -0.05) is 0 Å². The van der Waals surface area contributed by atoms with Crippen molar-refractivity contribution in [2.45, 2.75) is 6.42 Å². The fourth-order valence-corrected chi connectivity index (χ4v) is 0.0500. The van der Waals surface area contributed by atoms with Crippen molar-refractivity contribution in [1.29, 1.82) is 0 Å². The second kappa shape index (κ2) is 3.92. The van der Waals surface area contributed by atoms with Crippen LogP contribution in [-0.2, 0) is 0 Å². The fourth-order valence-electron chi connectivity index (χ4n) is 0.0500. The standard InChI is InChI=1S/C3H6O2/c4-2-1-3-5/h4-5H,1-2H2. The van der Waals surface area contributed by atoms with Crippen molar-refractivity contribution >= 4 is 0 Å². The quantitative estimate of drug-likeness (QED) is 0.475. The molecule has 0 heterocycles. The van der Waals surface area contributed by atoms with E-state index in [1.165, 1.54) is 0 Å². The van der Waals surface area contributed by atoms with Gasteiger partial charge in [0.05, 0.1) is 0 Å². The topological polar surface area (TPSA) is 40.5 Å². The van der Waals surface area contributed by atoms with Crippen molar-refractivity contribution in [1.82, 2.24) is 0 Å². The molecule has 0 aromatic heterocycles. The lowest BCUT2D eigenvalue weighted by molar-refractivity contribution is 0.263. The Bertz CT molecular complexity index is 12.4. The Morgan fingerprint density at radius 1 is 1.60 bits per heavy atom. The average Bonchev–Trinajstić information content (AvgIpc) is 1.41. The van der Waals surface area contributed by atoms with Gasteiger partial charge in [-0.15, -0.1) is 0 Å². The molecule has 2 radical (unpaired) electrons. The normalized spacial score (nSPS) is 8.40. The van der Waals surface area contributed by atoms with Crippen LogP contribution in [0.4, 0.5) is 0 Å². The van der Waals surface area contributed by atoms with Gasteiger partial charge in [0, 0.05) is 13.0 Å². The van der Waals surface area contributed by atoms with Crippen molar-refractivity contribution in [3.8, 4) is 0 Å². The first-order chi connectivity index (χ1) is 2.41. The molecule has 0 fully saturated rings. The van der Waals surface area contributed by atoms with Crippen LogP contribution in [0.25, 0.3) is 0 Å². The van der Waals surface area contributed by atoms with Crippen LogP contribution in [0, 0.1) is 6.61 Å². The second-order valence-corrected chi connectivity index (χ2v) is 0.632. The van der Waals surface area contributed by atoms with Crippen LogP contribution >= 0.6 is 0 Å². The summed E-state index contributed by atoms with van der Waals surface area (Å²) in [5.74, 6) is 0. The molecule has 0 aliphatic carbocycles. The van der Waals surface area contributed by atoms with Gasteiger partial charge in [0.1, 0.15) is 6.61 Å². The van der Waals surface area contributed by atoms with Crippen LogP contribution in [0.1, 0.15) is 6.42 Å². The molecule has 0 amide bonds. The van der Waals surface area contributed by atoms with Crippen LogP contribution in [0.3, 0.4) is 0 Å². The van der Waals surface area contributed by atoms with Crippen LogP contribution in [-0.4, -0.2) is 16.8 Å². The smallest absolute Gasteiger partial charge is 0.130 e. The molecule has 0 aliphatic rings. The van der Waals surface area contributed by atoms with Crippen molar-refractivity contribution in [3.63, 3.8) is 0 Å². The van der Waals surface area contributed by atoms with E-state index in [-0.39, 0.29) is 13.0 Å². The molecular formula is C3H6O2. The molecule has 0 saturated heterocycles. The molecule has 2 N–H and O–H groups in total. The first-order valence-corrected chi connectivity index (χ1v) is 1.39. The van der Waals surface area contributed by atoms with Gasteiger partial charge >= 0.3 is 0 Å². The van der Waals surface area contributed by atoms with Gasteiger partial charge in [-0.25, -0.2) is 0 Å². The highest BCUT2D eigenvalue weighted by atomic mass is 16.3. The van der Waals surface area contributed by atoms with Gasteiger partial charge in [-0.05, 0) is 0 Å². The minimum Gasteiger partial charge on any atom is -0.396 e. The molecule has 30 valence electrons. The highest BCUT2D eigenvalue weighted by Gasteiger charge is 1.73. The summed E-state index contributed by atoms with van der Waals surface area (Å²) >= 11 is 0. The van der Waals surface area contributed by atoms with E-state index in [0.717, 1.165) is 0 Å². The third-order valence-corrected chi connectivity index (χ3v) is 0.224. The number of rotatable bonds is 2. The summed E-state index contributed by atoms with van der Waals surface area (Å²) in [5, 5.41) is 15.5. The molecule has 2 nitrogen and oxygen atoms in total. The van der Waals surface area contributed by atoms with E-state index in [0.29, 0.717) is 0 Å². The summed E-state index contributed by atoms with van der Waals surface area (Å²) in [6.45, 7) is 1.75. The summed E-state index contributed by atoms with van der Waals surface area (Å²) in [4.78, 5) is 0. The van der Waals surface area contributed by atoms with E-state index < -0.39 is 0 Å². The van der Waals surface area contributed by atoms with Gasteiger partial charge < -0.3 is 10.2 Å². The highest BCUT2D eigenvalue weighted by molar-refractivity contribution is 4.39. The molecule has 2 heteroatoms. The van der Waals surface area contributed by atoms with Gasteiger partial charge in [0.2, 0.25) is 0 Å². The van der Waals surface area contributed by atoms with E-state index in [1.54, 1.807) is 6.61 Å². The number of hydrogen-bond donors (Lipinski definition) is 2. The molecule has 0 rings (SSSR count). The van der Waals surface area contributed by atoms with E-state index >= 15 is 0 Å². The van der Waals surface area contributed by atoms with Crippen LogP contribution < -0.4 is 0 Å². The predicted molar refractivity (Wildman–Crippen MR) is 16.9 cm³/mol. The molecule has 0 aromatic carbocycles. The number of hydrogen-bond acceptors (Lipinski definition) is 2. The Morgan fingerprint density at radius 2 is 2.20 bits per heavy atom. The molecule has 0 atom stereocenters. The summed E-state index contributed by atoms with van der Waals surface area (Å²) < 4.78 is 0. The summed E-state index contributed by atoms with van der Waals surface area (Å²) in [6.07, 6.45) is 0.250. The van der Waals surface area contributed by atoms with Crippen molar-refractivity contribution < 1.29 is 10.2 Å². The second-order valence-electron chi connectivity index (χ2n) is 0.632. The van der Waals surface area contributed by atoms with E-state index in [9.17, 15) is 0 Å². The van der Waals surface area contributed by atoms with Crippen LogP contribution in [0.2, 0.25) is 0 Å². The molecule has 0 bridgehead atoms. The third kappa shape index (κ3) is 3.92. The maximum atomic E-state index is 7.84. The lowest BCUT2D eigenvalue weighted by Gasteiger charge is -1.77. The maximum Gasteiger partial charge on any atom is 0.130 e. The maximum absolute atomic E-state index is 7.84. The van der Waals surface area contributed by atoms with E-state index in [1.807, 2.05) is 0 Å². The fraction of sp³-hybridized carbons (Fsp3) is 0.667. The van der Waals surface area contributed by atoms with E-state index in [2.05, 4.69) is 0 Å². The molecule has 0 spiro atoms. The van der Waals surface area contributed by atoms with E-state index in [4.69, 9.17) is 10.2 Å². The van der Waals surface area contributed by atoms with Gasteiger partial charge in [0.25, 0.3) is 0 Å². The van der Waals surface area contributed by atoms with Crippen molar-refractivity contribution in [2.24, 2.45) is 0 Å². The monoisotopic (exact) mass is 74.0 g/mol. The SMILES string of the molecule is O[C]CCO. The predicted octanol–water partition coefficient (Wildman–Crippen LogP) is -0.220. The first-order valence-electron chi connectivity index (χ1n) is 1.39. The average molecular weight is 74.1 g/mol. The molecule has 0 aliphatic heterocycles. The Labute approximate surface area is 31.1 Å². The Hall–Kier alpha value is -0.0800. The minimum absolute atomic E-state index is 0.0174. The Morgan fingerprint density at radius 3 is 2.20 bits per heavy atom. The Balaban J connectivity index is 2.19. The zero-order valence-corrected chi connectivity index (χ0v) is 2.81. The van der Waals surface area contributed by atoms with Gasteiger partial charge in [0.15, 0.2) is 0 Å². The summed E-state index contributed by atoms with van der Waals surface area (Å²) in [5.41, 5.74) is 0. The van der Waals surface area contributed by atoms with Crippen molar-refractivity contribution in [2.75, 3.05) is 6.61 Å². The minimum atomic E-state index is -0.0174.